The van der Waals surface area contributed by atoms with Crippen LogP contribution in [0.15, 0.2) is 11.6 Å². The van der Waals surface area contributed by atoms with Crippen molar-refractivity contribution in [3.8, 4) is 0 Å². The van der Waals surface area contributed by atoms with E-state index >= 15 is 0 Å². The fourth-order valence-corrected chi connectivity index (χ4v) is 10.4. The normalized spacial score (nSPS) is 52.8. The van der Waals surface area contributed by atoms with Crippen molar-refractivity contribution in [1.29, 1.82) is 0 Å². The lowest BCUT2D eigenvalue weighted by atomic mass is 9.32. The predicted octanol–water partition coefficient (Wildman–Crippen LogP) is 8.38. The van der Waals surface area contributed by atoms with Crippen LogP contribution < -0.4 is 0 Å². The number of hydrogen-bond donors (Lipinski definition) is 0. The molecule has 0 amide bonds. The molecule has 1 nitrogen and oxygen atoms in total. The third-order valence-corrected chi connectivity index (χ3v) is 12.7. The number of Topliss-reactive ketones (excluding diaryl/α,β-unsaturated/α-hetero) is 1. The molecule has 0 radical (unpaired) electrons. The number of carbonyl (C=O) groups is 1. The SMILES string of the molecule is CC1(C)C=C2C3CCC4[C@@]5(C)CCC(=O)C(C)(C)C5CC[C@@]4(C)[C@]3(C)CC[C@@]2(C)CC1. The maximum absolute atomic E-state index is 12.9. The van der Waals surface area contributed by atoms with Gasteiger partial charge in [-0.05, 0) is 103 Å². The molecule has 5 rings (SSSR count). The summed E-state index contributed by atoms with van der Waals surface area (Å²) in [7, 11) is 0. The van der Waals surface area contributed by atoms with Crippen LogP contribution in [0, 0.1) is 50.2 Å². The standard InChI is InChI=1S/C30H48O/c1-25(2)15-16-27(5)17-18-29(7)20(21(27)19-25)9-10-23-28(6)13-12-24(31)26(3,4)22(28)11-14-30(23,29)8/h19-20,22-23H,9-18H2,1-8H3/t20?,22?,23?,27-,28+,29-,30-/m1/s1. The fraction of sp³-hybridized carbons (Fsp3) is 0.900. The van der Waals surface area contributed by atoms with Gasteiger partial charge in [-0.3, -0.25) is 4.79 Å². The smallest absolute Gasteiger partial charge is 0.138 e. The molecule has 0 aromatic rings. The minimum absolute atomic E-state index is 0.132. The van der Waals surface area contributed by atoms with Crippen molar-refractivity contribution < 1.29 is 4.79 Å². The molecule has 3 unspecified atom stereocenters. The molecule has 4 saturated carbocycles. The van der Waals surface area contributed by atoms with E-state index < -0.39 is 0 Å². The Labute approximate surface area is 192 Å². The van der Waals surface area contributed by atoms with Gasteiger partial charge in [0.15, 0.2) is 0 Å². The maximum atomic E-state index is 12.9. The molecule has 5 aliphatic rings. The lowest BCUT2D eigenvalue weighted by Gasteiger charge is -2.72. The Bertz CT molecular complexity index is 831. The van der Waals surface area contributed by atoms with Gasteiger partial charge in [0.2, 0.25) is 0 Å². The monoisotopic (exact) mass is 424 g/mol. The molecule has 0 bridgehead atoms. The van der Waals surface area contributed by atoms with E-state index in [1.807, 2.05) is 5.57 Å². The van der Waals surface area contributed by atoms with E-state index in [2.05, 4.69) is 61.5 Å². The third kappa shape index (κ3) is 2.70. The lowest BCUT2D eigenvalue weighted by molar-refractivity contribution is -0.211. The van der Waals surface area contributed by atoms with Crippen molar-refractivity contribution in [3.63, 3.8) is 0 Å². The first-order chi connectivity index (χ1) is 14.2. The van der Waals surface area contributed by atoms with Crippen LogP contribution in [0.5, 0.6) is 0 Å². The van der Waals surface area contributed by atoms with Gasteiger partial charge < -0.3 is 0 Å². The highest BCUT2D eigenvalue weighted by molar-refractivity contribution is 5.85. The Balaban J connectivity index is 1.57. The quantitative estimate of drug-likeness (QED) is 0.357. The first kappa shape index (κ1) is 22.2. The van der Waals surface area contributed by atoms with Gasteiger partial charge in [0, 0.05) is 11.8 Å². The summed E-state index contributed by atoms with van der Waals surface area (Å²) in [5, 5.41) is 0. The number of rotatable bonds is 0. The Morgan fingerprint density at radius 2 is 1.39 bits per heavy atom. The van der Waals surface area contributed by atoms with Crippen molar-refractivity contribution in [2.24, 2.45) is 50.2 Å². The topological polar surface area (TPSA) is 17.1 Å². The van der Waals surface area contributed by atoms with Gasteiger partial charge in [0.25, 0.3) is 0 Å². The van der Waals surface area contributed by atoms with Gasteiger partial charge in [0.05, 0.1) is 0 Å². The van der Waals surface area contributed by atoms with Crippen molar-refractivity contribution >= 4 is 5.78 Å². The first-order valence-corrected chi connectivity index (χ1v) is 13.5. The molecule has 4 fully saturated rings. The van der Waals surface area contributed by atoms with E-state index in [0.717, 1.165) is 24.7 Å². The lowest BCUT2D eigenvalue weighted by Crippen LogP contribution is -2.65. The average molecular weight is 425 g/mol. The summed E-state index contributed by atoms with van der Waals surface area (Å²) in [6, 6.07) is 0. The van der Waals surface area contributed by atoms with Crippen molar-refractivity contribution in [3.05, 3.63) is 11.6 Å². The summed E-state index contributed by atoms with van der Waals surface area (Å²) >= 11 is 0. The second kappa shape index (κ2) is 6.29. The van der Waals surface area contributed by atoms with E-state index in [1.165, 1.54) is 51.4 Å². The molecule has 7 atom stereocenters. The number of fused-ring (bicyclic) bond motifs is 7. The molecule has 31 heavy (non-hydrogen) atoms. The molecule has 1 heteroatoms. The largest absolute Gasteiger partial charge is 0.299 e. The molecule has 0 aromatic heterocycles. The van der Waals surface area contributed by atoms with Crippen LogP contribution in [0.4, 0.5) is 0 Å². The van der Waals surface area contributed by atoms with E-state index in [9.17, 15) is 4.79 Å². The predicted molar refractivity (Wildman–Crippen MR) is 130 cm³/mol. The zero-order valence-electron chi connectivity index (χ0n) is 21.8. The van der Waals surface area contributed by atoms with Crippen LogP contribution in [0.2, 0.25) is 0 Å². The van der Waals surface area contributed by atoms with Crippen molar-refractivity contribution in [2.75, 3.05) is 0 Å². The highest BCUT2D eigenvalue weighted by atomic mass is 16.1. The van der Waals surface area contributed by atoms with Gasteiger partial charge in [-0.1, -0.05) is 67.0 Å². The van der Waals surface area contributed by atoms with Crippen LogP contribution in [0.25, 0.3) is 0 Å². The zero-order chi connectivity index (χ0) is 22.7. The van der Waals surface area contributed by atoms with E-state index in [4.69, 9.17) is 0 Å². The highest BCUT2D eigenvalue weighted by Gasteiger charge is 2.68. The summed E-state index contributed by atoms with van der Waals surface area (Å²) < 4.78 is 0. The van der Waals surface area contributed by atoms with Gasteiger partial charge >= 0.3 is 0 Å². The molecule has 0 aliphatic heterocycles. The van der Waals surface area contributed by atoms with Crippen LogP contribution in [-0.2, 0) is 4.79 Å². The zero-order valence-corrected chi connectivity index (χ0v) is 21.8. The number of hydrogen-bond acceptors (Lipinski definition) is 1. The van der Waals surface area contributed by atoms with E-state index in [1.54, 1.807) is 0 Å². The molecule has 0 saturated heterocycles. The van der Waals surface area contributed by atoms with Crippen LogP contribution >= 0.6 is 0 Å². The maximum Gasteiger partial charge on any atom is 0.138 e. The molecule has 0 N–H and O–H groups in total. The molecular weight excluding hydrogens is 376 g/mol. The molecule has 5 aliphatic carbocycles. The van der Waals surface area contributed by atoms with Crippen LogP contribution in [0.1, 0.15) is 120 Å². The van der Waals surface area contributed by atoms with Crippen molar-refractivity contribution in [1.82, 2.24) is 0 Å². The fourth-order valence-electron chi connectivity index (χ4n) is 10.4. The Morgan fingerprint density at radius 3 is 2.10 bits per heavy atom. The number of allylic oxidation sites excluding steroid dienone is 2. The first-order valence-electron chi connectivity index (χ1n) is 13.5. The highest BCUT2D eigenvalue weighted by Crippen LogP contribution is 2.76. The number of ketones is 1. The molecule has 174 valence electrons. The average Bonchev–Trinajstić information content (AvgIpc) is 2.67. The van der Waals surface area contributed by atoms with Gasteiger partial charge in [-0.25, -0.2) is 0 Å². The third-order valence-electron chi connectivity index (χ3n) is 12.7. The van der Waals surface area contributed by atoms with E-state index in [-0.39, 0.29) is 5.41 Å². The summed E-state index contributed by atoms with van der Waals surface area (Å²) in [5.74, 6) is 2.64. The summed E-state index contributed by atoms with van der Waals surface area (Å²) in [5.41, 5.74) is 3.68. The molecule has 0 aromatic carbocycles. The number of carbonyl (C=O) groups excluding carboxylic acids is 1. The Hall–Kier alpha value is -0.590. The molecule has 0 spiro atoms. The molecular formula is C30H48O. The summed E-state index contributed by atoms with van der Waals surface area (Å²) in [6.07, 6.45) is 15.6. The van der Waals surface area contributed by atoms with Crippen LogP contribution in [0.3, 0.4) is 0 Å². The second-order valence-electron chi connectivity index (χ2n) is 14.9. The van der Waals surface area contributed by atoms with E-state index in [0.29, 0.717) is 38.8 Å². The minimum atomic E-state index is -0.132. The van der Waals surface area contributed by atoms with Gasteiger partial charge in [-0.15, -0.1) is 0 Å². The van der Waals surface area contributed by atoms with Crippen LogP contribution in [-0.4, -0.2) is 5.78 Å². The Morgan fingerprint density at radius 1 is 0.710 bits per heavy atom. The second-order valence-corrected chi connectivity index (χ2v) is 14.9. The summed E-state index contributed by atoms with van der Waals surface area (Å²) in [6.45, 7) is 20.1. The van der Waals surface area contributed by atoms with Gasteiger partial charge in [0.1, 0.15) is 5.78 Å². The van der Waals surface area contributed by atoms with Gasteiger partial charge in [-0.2, -0.15) is 0 Å². The Kier molecular flexibility index (Phi) is 4.51. The minimum Gasteiger partial charge on any atom is -0.299 e. The van der Waals surface area contributed by atoms with Crippen molar-refractivity contribution in [2.45, 2.75) is 120 Å². The summed E-state index contributed by atoms with van der Waals surface area (Å²) in [4.78, 5) is 12.9. The molecule has 0 heterocycles.